The summed E-state index contributed by atoms with van der Waals surface area (Å²) in [7, 11) is 3.14. The maximum atomic E-state index is 12.5. The normalized spacial score (nSPS) is 10.8. The lowest BCUT2D eigenvalue weighted by Crippen LogP contribution is -2.15. The van der Waals surface area contributed by atoms with Crippen LogP contribution < -0.4 is 14.8 Å². The van der Waals surface area contributed by atoms with Crippen LogP contribution in [0.25, 0.3) is 5.69 Å². The van der Waals surface area contributed by atoms with Crippen molar-refractivity contribution in [1.82, 2.24) is 9.55 Å². The lowest BCUT2D eigenvalue weighted by Gasteiger charge is -2.15. The fraction of sp³-hybridized carbons (Fsp3) is 0.273. The van der Waals surface area contributed by atoms with Crippen molar-refractivity contribution in [2.45, 2.75) is 24.9 Å². The molecule has 3 rings (SSSR count). The van der Waals surface area contributed by atoms with Gasteiger partial charge >= 0.3 is 0 Å². The zero-order chi connectivity index (χ0) is 20.8. The average Bonchev–Trinajstić information content (AvgIpc) is 3.21. The van der Waals surface area contributed by atoms with E-state index in [0.717, 1.165) is 10.8 Å². The van der Waals surface area contributed by atoms with E-state index in [-0.39, 0.29) is 11.7 Å². The van der Waals surface area contributed by atoms with Gasteiger partial charge in [0, 0.05) is 18.5 Å². The minimum Gasteiger partial charge on any atom is -0.497 e. The summed E-state index contributed by atoms with van der Waals surface area (Å²) in [6, 6.07) is 13.5. The molecule has 29 heavy (non-hydrogen) atoms. The first-order valence-corrected chi connectivity index (χ1v) is 10.3. The van der Waals surface area contributed by atoms with Crippen molar-refractivity contribution < 1.29 is 14.3 Å². The van der Waals surface area contributed by atoms with Crippen molar-refractivity contribution in [2.75, 3.05) is 25.3 Å². The Balaban J connectivity index is 1.71. The smallest absolute Gasteiger partial charge is 0.234 e. The zero-order valence-electron chi connectivity index (χ0n) is 17.0. The van der Waals surface area contributed by atoms with E-state index in [1.807, 2.05) is 22.9 Å². The molecular formula is C22H25N3O3S. The van der Waals surface area contributed by atoms with Crippen molar-refractivity contribution in [2.24, 2.45) is 0 Å². The van der Waals surface area contributed by atoms with Crippen molar-refractivity contribution >= 4 is 23.4 Å². The first kappa shape index (κ1) is 20.8. The van der Waals surface area contributed by atoms with Gasteiger partial charge in [0.2, 0.25) is 5.91 Å². The number of ether oxygens (including phenoxy) is 2. The Kier molecular flexibility index (Phi) is 6.82. The van der Waals surface area contributed by atoms with Crippen LogP contribution in [-0.2, 0) is 4.79 Å². The number of carbonyl (C=O) groups is 1. The molecule has 0 atom stereocenters. The van der Waals surface area contributed by atoms with Crippen molar-refractivity contribution in [3.05, 3.63) is 60.4 Å². The number of methoxy groups -OCH3 is 2. The molecular weight excluding hydrogens is 386 g/mol. The third-order valence-electron chi connectivity index (χ3n) is 4.44. The molecule has 7 heteroatoms. The summed E-state index contributed by atoms with van der Waals surface area (Å²) in [6.45, 7) is 4.33. The molecule has 0 radical (unpaired) electrons. The maximum Gasteiger partial charge on any atom is 0.234 e. The Morgan fingerprint density at radius 1 is 1.17 bits per heavy atom. The first-order valence-electron chi connectivity index (χ1n) is 9.30. The predicted molar refractivity (Wildman–Crippen MR) is 117 cm³/mol. The van der Waals surface area contributed by atoms with Crippen LogP contribution in [-0.4, -0.2) is 35.4 Å². The van der Waals surface area contributed by atoms with E-state index >= 15 is 0 Å². The Bertz CT molecular complexity index is 985. The van der Waals surface area contributed by atoms with Crippen molar-refractivity contribution in [3.63, 3.8) is 0 Å². The summed E-state index contributed by atoms with van der Waals surface area (Å²) in [5.74, 6) is 1.70. The molecule has 0 aliphatic rings. The summed E-state index contributed by atoms with van der Waals surface area (Å²) in [5.41, 5.74) is 2.92. The zero-order valence-corrected chi connectivity index (χ0v) is 17.8. The van der Waals surface area contributed by atoms with Crippen LogP contribution in [0.5, 0.6) is 11.5 Å². The number of carbonyl (C=O) groups excluding carboxylic acids is 1. The van der Waals surface area contributed by atoms with Gasteiger partial charge in [-0.2, -0.15) is 0 Å². The number of aromatic nitrogens is 2. The van der Waals surface area contributed by atoms with E-state index in [4.69, 9.17) is 9.47 Å². The number of anilines is 1. The number of nitrogens with one attached hydrogen (secondary N) is 1. The molecule has 2 aromatic carbocycles. The fourth-order valence-corrected chi connectivity index (χ4v) is 3.76. The monoisotopic (exact) mass is 411 g/mol. The first-order chi connectivity index (χ1) is 14.0. The lowest BCUT2D eigenvalue weighted by atomic mass is 10.0. The molecule has 1 N–H and O–H groups in total. The molecule has 0 bridgehead atoms. The van der Waals surface area contributed by atoms with Gasteiger partial charge in [0.1, 0.15) is 11.5 Å². The quantitative estimate of drug-likeness (QED) is 0.542. The van der Waals surface area contributed by atoms with Crippen molar-refractivity contribution in [1.29, 1.82) is 0 Å². The minimum atomic E-state index is -0.134. The van der Waals surface area contributed by atoms with Crippen LogP contribution in [0.1, 0.15) is 25.3 Å². The molecule has 1 heterocycles. The molecule has 3 aromatic rings. The third-order valence-corrected chi connectivity index (χ3v) is 5.41. The van der Waals surface area contributed by atoms with E-state index in [1.54, 1.807) is 38.6 Å². The van der Waals surface area contributed by atoms with Gasteiger partial charge in [-0.05, 0) is 29.7 Å². The molecule has 0 saturated heterocycles. The van der Waals surface area contributed by atoms with Crippen LogP contribution >= 0.6 is 11.8 Å². The number of amides is 1. The highest BCUT2D eigenvalue weighted by molar-refractivity contribution is 7.99. The number of benzene rings is 2. The SMILES string of the molecule is COc1ccc(NC(=O)CSc2nccn2-c2ccccc2C(C)C)c(OC)c1. The van der Waals surface area contributed by atoms with Crippen molar-refractivity contribution in [3.8, 4) is 17.2 Å². The Hall–Kier alpha value is -2.93. The number of hydrogen-bond acceptors (Lipinski definition) is 5. The van der Waals surface area contributed by atoms with Gasteiger partial charge in [-0.25, -0.2) is 4.98 Å². The van der Waals surface area contributed by atoms with Gasteiger partial charge < -0.3 is 14.8 Å². The third kappa shape index (κ3) is 4.92. The van der Waals surface area contributed by atoms with Crippen LogP contribution in [0.15, 0.2) is 60.0 Å². The standard InChI is InChI=1S/C22H25N3O3S/c1-15(2)17-7-5-6-8-19(17)25-12-11-23-22(25)29-14-21(26)24-18-10-9-16(27-3)13-20(18)28-4/h5-13,15H,14H2,1-4H3,(H,24,26). The summed E-state index contributed by atoms with van der Waals surface area (Å²) in [6.07, 6.45) is 3.68. The highest BCUT2D eigenvalue weighted by atomic mass is 32.2. The topological polar surface area (TPSA) is 65.4 Å². The molecule has 0 unspecified atom stereocenters. The highest BCUT2D eigenvalue weighted by Gasteiger charge is 2.14. The summed E-state index contributed by atoms with van der Waals surface area (Å²) < 4.78 is 12.5. The van der Waals surface area contributed by atoms with Gasteiger partial charge in [-0.3, -0.25) is 9.36 Å². The lowest BCUT2D eigenvalue weighted by molar-refractivity contribution is -0.113. The number of rotatable bonds is 8. The molecule has 1 aromatic heterocycles. The molecule has 0 fully saturated rings. The molecule has 0 aliphatic heterocycles. The van der Waals surface area contributed by atoms with Gasteiger partial charge in [-0.1, -0.05) is 43.8 Å². The molecule has 1 amide bonds. The van der Waals surface area contributed by atoms with E-state index in [9.17, 15) is 4.79 Å². The number of imidazole rings is 1. The Morgan fingerprint density at radius 3 is 2.69 bits per heavy atom. The summed E-state index contributed by atoms with van der Waals surface area (Å²) >= 11 is 1.39. The van der Waals surface area contributed by atoms with Crippen LogP contribution in [0.4, 0.5) is 5.69 Å². The highest BCUT2D eigenvalue weighted by Crippen LogP contribution is 2.30. The summed E-state index contributed by atoms with van der Waals surface area (Å²) in [4.78, 5) is 16.9. The minimum absolute atomic E-state index is 0.134. The summed E-state index contributed by atoms with van der Waals surface area (Å²) in [5, 5.41) is 3.66. The van der Waals surface area contributed by atoms with E-state index in [2.05, 4.69) is 36.3 Å². The van der Waals surface area contributed by atoms with E-state index < -0.39 is 0 Å². The van der Waals surface area contributed by atoms with Crippen LogP contribution in [0.3, 0.4) is 0 Å². The van der Waals surface area contributed by atoms with Gasteiger partial charge in [0.25, 0.3) is 0 Å². The molecule has 6 nitrogen and oxygen atoms in total. The molecule has 0 spiro atoms. The number of para-hydroxylation sites is 1. The van der Waals surface area contributed by atoms with Gasteiger partial charge in [0.05, 0.1) is 31.3 Å². The average molecular weight is 412 g/mol. The second kappa shape index (κ2) is 9.52. The van der Waals surface area contributed by atoms with E-state index in [0.29, 0.717) is 23.1 Å². The number of thioether (sulfide) groups is 1. The van der Waals surface area contributed by atoms with Crippen LogP contribution in [0, 0.1) is 0 Å². The van der Waals surface area contributed by atoms with E-state index in [1.165, 1.54) is 17.3 Å². The van der Waals surface area contributed by atoms with Gasteiger partial charge in [-0.15, -0.1) is 0 Å². The number of hydrogen-bond donors (Lipinski definition) is 1. The Morgan fingerprint density at radius 2 is 1.97 bits per heavy atom. The van der Waals surface area contributed by atoms with Gasteiger partial charge in [0.15, 0.2) is 5.16 Å². The fourth-order valence-electron chi connectivity index (χ4n) is 2.99. The number of nitrogens with zero attached hydrogens (tertiary/aromatic N) is 2. The largest absolute Gasteiger partial charge is 0.497 e. The Labute approximate surface area is 175 Å². The second-order valence-corrected chi connectivity index (χ2v) is 7.64. The predicted octanol–water partition coefficient (Wildman–Crippen LogP) is 4.74. The molecule has 152 valence electrons. The molecule has 0 aliphatic carbocycles. The maximum absolute atomic E-state index is 12.5. The molecule has 0 saturated carbocycles. The second-order valence-electron chi connectivity index (χ2n) is 6.70. The van der Waals surface area contributed by atoms with Crippen LogP contribution in [0.2, 0.25) is 0 Å².